The number of piperidine rings is 1. The maximum atomic E-state index is 13.0. The van der Waals surface area contributed by atoms with Crippen LogP contribution in [0, 0.1) is 0 Å². The molecule has 0 bridgehead atoms. The van der Waals surface area contributed by atoms with Gasteiger partial charge in [0.15, 0.2) is 0 Å². The summed E-state index contributed by atoms with van der Waals surface area (Å²) in [6.45, 7) is 1.15. The van der Waals surface area contributed by atoms with Gasteiger partial charge in [-0.3, -0.25) is 19.6 Å². The van der Waals surface area contributed by atoms with Gasteiger partial charge in [0, 0.05) is 37.1 Å². The van der Waals surface area contributed by atoms with Gasteiger partial charge in [0.2, 0.25) is 0 Å². The number of aromatic nitrogens is 2. The van der Waals surface area contributed by atoms with Crippen LogP contribution in [0.4, 0.5) is 10.5 Å². The lowest BCUT2D eigenvalue weighted by molar-refractivity contribution is -0.116. The third-order valence-corrected chi connectivity index (χ3v) is 5.92. The molecule has 0 radical (unpaired) electrons. The lowest BCUT2D eigenvalue weighted by Gasteiger charge is -2.36. The van der Waals surface area contributed by atoms with Crippen molar-refractivity contribution >= 4 is 34.6 Å². The number of hydrogen-bond donors (Lipinski definition) is 0. The molecule has 0 aliphatic carbocycles. The van der Waals surface area contributed by atoms with Crippen LogP contribution in [0.3, 0.4) is 0 Å². The number of carbonyl (C=O) groups excluding carboxylic acids is 3. The SMILES string of the molecule is O=C(c1ccc2nccnc2c1)N1CCC(N2CC(=O)N(c3ccccc3)C2=O)CC1. The highest BCUT2D eigenvalue weighted by Crippen LogP contribution is 2.27. The van der Waals surface area contributed by atoms with E-state index in [2.05, 4.69) is 9.97 Å². The van der Waals surface area contributed by atoms with Gasteiger partial charge in [0.1, 0.15) is 6.54 Å². The lowest BCUT2D eigenvalue weighted by atomic mass is 10.0. The number of para-hydroxylation sites is 1. The van der Waals surface area contributed by atoms with Gasteiger partial charge in [0.05, 0.1) is 16.7 Å². The minimum absolute atomic E-state index is 0.0549. The standard InChI is InChI=1S/C23H21N5O3/c29-21-15-27(23(31)28(21)18-4-2-1-3-5-18)17-8-12-26(13-9-17)22(30)16-6-7-19-20(14-16)25-11-10-24-19/h1-7,10-11,14,17H,8-9,12-13,15H2. The Morgan fingerprint density at radius 3 is 2.35 bits per heavy atom. The summed E-state index contributed by atoms with van der Waals surface area (Å²) < 4.78 is 0. The second kappa shape index (κ2) is 7.79. The summed E-state index contributed by atoms with van der Waals surface area (Å²) in [6.07, 6.45) is 4.51. The number of urea groups is 1. The van der Waals surface area contributed by atoms with Gasteiger partial charge in [-0.1, -0.05) is 18.2 Å². The first-order valence-corrected chi connectivity index (χ1v) is 10.3. The summed E-state index contributed by atoms with van der Waals surface area (Å²) in [5.41, 5.74) is 2.60. The Bertz CT molecular complexity index is 1160. The number of benzene rings is 2. The molecule has 8 nitrogen and oxygen atoms in total. The number of fused-ring (bicyclic) bond motifs is 1. The Morgan fingerprint density at radius 2 is 1.61 bits per heavy atom. The highest BCUT2D eigenvalue weighted by molar-refractivity contribution is 6.19. The van der Waals surface area contributed by atoms with Crippen LogP contribution in [0.25, 0.3) is 11.0 Å². The van der Waals surface area contributed by atoms with E-state index in [-0.39, 0.29) is 30.4 Å². The van der Waals surface area contributed by atoms with Crippen LogP contribution in [-0.4, -0.2) is 63.3 Å². The summed E-state index contributed by atoms with van der Waals surface area (Å²) in [5, 5.41) is 0. The van der Waals surface area contributed by atoms with Crippen molar-refractivity contribution in [1.82, 2.24) is 19.8 Å². The minimum Gasteiger partial charge on any atom is -0.338 e. The quantitative estimate of drug-likeness (QED) is 0.614. The molecule has 2 aromatic carbocycles. The third-order valence-electron chi connectivity index (χ3n) is 5.92. The fourth-order valence-corrected chi connectivity index (χ4v) is 4.30. The Balaban J connectivity index is 1.25. The van der Waals surface area contributed by atoms with Crippen molar-refractivity contribution in [1.29, 1.82) is 0 Å². The van der Waals surface area contributed by atoms with Crippen LogP contribution in [0.2, 0.25) is 0 Å². The molecule has 3 heterocycles. The van der Waals surface area contributed by atoms with Crippen LogP contribution < -0.4 is 4.90 Å². The van der Waals surface area contributed by atoms with E-state index in [0.717, 1.165) is 5.52 Å². The molecule has 0 spiro atoms. The molecule has 1 aromatic heterocycles. The largest absolute Gasteiger partial charge is 0.338 e. The molecule has 4 amide bonds. The maximum absolute atomic E-state index is 13.0. The zero-order valence-electron chi connectivity index (χ0n) is 16.8. The predicted octanol–water partition coefficient (Wildman–Crippen LogP) is 2.70. The Labute approximate surface area is 179 Å². The van der Waals surface area contributed by atoms with Crippen LogP contribution in [0.5, 0.6) is 0 Å². The highest BCUT2D eigenvalue weighted by Gasteiger charge is 2.41. The molecular weight excluding hydrogens is 394 g/mol. The van der Waals surface area contributed by atoms with E-state index >= 15 is 0 Å². The van der Waals surface area contributed by atoms with Crippen molar-refractivity contribution in [3.63, 3.8) is 0 Å². The zero-order valence-corrected chi connectivity index (χ0v) is 16.8. The van der Waals surface area contributed by atoms with Crippen molar-refractivity contribution in [3.05, 3.63) is 66.5 Å². The molecule has 8 heteroatoms. The number of rotatable bonds is 3. The average Bonchev–Trinajstić information content (AvgIpc) is 3.12. The normalized spacial score (nSPS) is 17.6. The summed E-state index contributed by atoms with van der Waals surface area (Å²) in [7, 11) is 0. The number of hydrogen-bond acceptors (Lipinski definition) is 5. The van der Waals surface area contributed by atoms with Gasteiger partial charge in [-0.25, -0.2) is 9.69 Å². The summed E-state index contributed by atoms with van der Waals surface area (Å²) in [6, 6.07) is 14.0. The van der Waals surface area contributed by atoms with Crippen LogP contribution in [0.15, 0.2) is 60.9 Å². The lowest BCUT2D eigenvalue weighted by Crippen LogP contribution is -2.48. The van der Waals surface area contributed by atoms with E-state index in [1.807, 2.05) is 6.07 Å². The molecule has 0 unspecified atom stereocenters. The number of nitrogens with zero attached hydrogens (tertiary/aromatic N) is 5. The first kappa shape index (κ1) is 19.2. The molecule has 0 atom stereocenters. The summed E-state index contributed by atoms with van der Waals surface area (Å²) in [4.78, 5) is 51.5. The van der Waals surface area contributed by atoms with Crippen LogP contribution >= 0.6 is 0 Å². The summed E-state index contributed by atoms with van der Waals surface area (Å²) >= 11 is 0. The highest BCUT2D eigenvalue weighted by atomic mass is 16.2. The number of carbonyl (C=O) groups is 3. The molecule has 2 aliphatic rings. The molecule has 156 valence electrons. The fourth-order valence-electron chi connectivity index (χ4n) is 4.30. The van der Waals surface area contributed by atoms with Crippen molar-refractivity contribution in [2.75, 3.05) is 24.5 Å². The van der Waals surface area contributed by atoms with E-state index in [1.54, 1.807) is 64.7 Å². The van der Waals surface area contributed by atoms with Gasteiger partial charge < -0.3 is 9.80 Å². The molecule has 0 N–H and O–H groups in total. The molecule has 31 heavy (non-hydrogen) atoms. The second-order valence-electron chi connectivity index (χ2n) is 7.76. The van der Waals surface area contributed by atoms with Crippen molar-refractivity contribution in [2.24, 2.45) is 0 Å². The van der Waals surface area contributed by atoms with E-state index < -0.39 is 0 Å². The van der Waals surface area contributed by atoms with Gasteiger partial charge in [-0.15, -0.1) is 0 Å². The Kier molecular flexibility index (Phi) is 4.82. The van der Waals surface area contributed by atoms with Gasteiger partial charge in [0.25, 0.3) is 11.8 Å². The van der Waals surface area contributed by atoms with E-state index in [9.17, 15) is 14.4 Å². The number of imide groups is 1. The van der Waals surface area contributed by atoms with Gasteiger partial charge in [-0.2, -0.15) is 0 Å². The Hall–Kier alpha value is -3.81. The molecular formula is C23H21N5O3. The average molecular weight is 415 g/mol. The van der Waals surface area contributed by atoms with Gasteiger partial charge >= 0.3 is 6.03 Å². The van der Waals surface area contributed by atoms with Crippen molar-refractivity contribution in [3.8, 4) is 0 Å². The van der Waals surface area contributed by atoms with Crippen LogP contribution in [-0.2, 0) is 4.79 Å². The van der Waals surface area contributed by atoms with Crippen molar-refractivity contribution < 1.29 is 14.4 Å². The topological polar surface area (TPSA) is 86.7 Å². The minimum atomic E-state index is -0.283. The Morgan fingerprint density at radius 1 is 0.903 bits per heavy atom. The number of amides is 4. The third kappa shape index (κ3) is 3.50. The first-order chi connectivity index (χ1) is 15.1. The zero-order chi connectivity index (χ0) is 21.4. The van der Waals surface area contributed by atoms with Crippen LogP contribution in [0.1, 0.15) is 23.2 Å². The monoisotopic (exact) mass is 415 g/mol. The fraction of sp³-hybridized carbons (Fsp3) is 0.261. The molecule has 2 fully saturated rings. The molecule has 3 aromatic rings. The summed E-state index contributed by atoms with van der Waals surface area (Å²) in [5.74, 6) is -0.271. The first-order valence-electron chi connectivity index (χ1n) is 10.3. The predicted molar refractivity (Wildman–Crippen MR) is 114 cm³/mol. The van der Waals surface area contributed by atoms with E-state index in [1.165, 1.54) is 4.90 Å². The number of anilines is 1. The maximum Gasteiger partial charge on any atom is 0.332 e. The number of likely N-dealkylation sites (tertiary alicyclic amines) is 1. The second-order valence-corrected chi connectivity index (χ2v) is 7.76. The van der Waals surface area contributed by atoms with E-state index in [4.69, 9.17) is 0 Å². The molecule has 2 aliphatic heterocycles. The molecule has 2 saturated heterocycles. The molecule has 0 saturated carbocycles. The van der Waals surface area contributed by atoms with Crippen molar-refractivity contribution in [2.45, 2.75) is 18.9 Å². The van der Waals surface area contributed by atoms with Gasteiger partial charge in [-0.05, 0) is 43.2 Å². The molecule has 5 rings (SSSR count). The van der Waals surface area contributed by atoms with E-state index in [0.29, 0.717) is 42.7 Å². The smallest absolute Gasteiger partial charge is 0.332 e.